The second-order valence-electron chi connectivity index (χ2n) is 6.98. The number of hydrogen-bond acceptors (Lipinski definition) is 5. The second-order valence-corrected chi connectivity index (χ2v) is 6.98. The molecule has 1 atom stereocenters. The maximum Gasteiger partial charge on any atom is 0.257 e. The monoisotopic (exact) mass is 374 g/mol. The zero-order valence-electron chi connectivity index (χ0n) is 15.6. The molecule has 8 nitrogen and oxygen atoms in total. The van der Waals surface area contributed by atoms with Crippen LogP contribution in [0.15, 0.2) is 30.6 Å². The lowest BCUT2D eigenvalue weighted by Crippen LogP contribution is -2.44. The minimum atomic E-state index is -1.00. The molecule has 146 valence electrons. The van der Waals surface area contributed by atoms with Gasteiger partial charge in [-0.05, 0) is 31.4 Å². The average molecular weight is 374 g/mol. The second kappa shape index (κ2) is 8.49. The summed E-state index contributed by atoms with van der Waals surface area (Å²) in [4.78, 5) is 26.4. The molecule has 2 N–H and O–H groups in total. The lowest BCUT2D eigenvalue weighted by Gasteiger charge is -2.27. The van der Waals surface area contributed by atoms with Crippen molar-refractivity contribution in [3.05, 3.63) is 36.2 Å². The van der Waals surface area contributed by atoms with Gasteiger partial charge in [0.2, 0.25) is 5.91 Å². The summed E-state index contributed by atoms with van der Waals surface area (Å²) in [5.74, 6) is -0.224. The van der Waals surface area contributed by atoms with Gasteiger partial charge in [0.1, 0.15) is 0 Å². The van der Waals surface area contributed by atoms with Crippen LogP contribution >= 0.6 is 0 Å². The van der Waals surface area contributed by atoms with Crippen LogP contribution in [0.2, 0.25) is 0 Å². The predicted octanol–water partition coefficient (Wildman–Crippen LogP) is 0.844. The highest BCUT2D eigenvalue weighted by Crippen LogP contribution is 2.23. The number of ether oxygens (including phenoxy) is 1. The van der Waals surface area contributed by atoms with Crippen LogP contribution in [0.4, 0.5) is 0 Å². The topological polar surface area (TPSA) is 96.2 Å². The number of nitrogens with one attached hydrogen (secondary N) is 1. The molecule has 27 heavy (non-hydrogen) atoms. The highest BCUT2D eigenvalue weighted by molar-refractivity contribution is 6.00. The third kappa shape index (κ3) is 4.64. The highest BCUT2D eigenvalue weighted by atomic mass is 16.5. The summed E-state index contributed by atoms with van der Waals surface area (Å²) in [7, 11) is 1.54. The van der Waals surface area contributed by atoms with E-state index in [1.165, 1.54) is 0 Å². The number of fused-ring (bicyclic) bond motifs is 1. The molecule has 1 fully saturated rings. The van der Waals surface area contributed by atoms with Crippen molar-refractivity contribution in [1.82, 2.24) is 19.8 Å². The van der Waals surface area contributed by atoms with Crippen LogP contribution in [-0.4, -0.2) is 70.4 Å². The number of likely N-dealkylation sites (tertiary alicyclic amines) is 1. The first-order valence-electron chi connectivity index (χ1n) is 9.22. The molecule has 0 radical (unpaired) electrons. The lowest BCUT2D eigenvalue weighted by atomic mass is 9.95. The van der Waals surface area contributed by atoms with Crippen LogP contribution in [-0.2, 0) is 9.53 Å². The average Bonchev–Trinajstić information content (AvgIpc) is 3.01. The molecule has 0 aliphatic carbocycles. The molecule has 2 aromatic heterocycles. The molecule has 0 unspecified atom stereocenters. The van der Waals surface area contributed by atoms with Crippen LogP contribution in [0.25, 0.3) is 5.52 Å². The molecule has 2 amide bonds. The van der Waals surface area contributed by atoms with Crippen molar-refractivity contribution in [2.45, 2.75) is 31.3 Å². The Hall–Kier alpha value is -2.45. The van der Waals surface area contributed by atoms with E-state index in [9.17, 15) is 14.7 Å². The van der Waals surface area contributed by atoms with E-state index in [0.29, 0.717) is 44.5 Å². The van der Waals surface area contributed by atoms with E-state index < -0.39 is 5.60 Å². The summed E-state index contributed by atoms with van der Waals surface area (Å²) in [6.45, 7) is 1.55. The third-order valence-electron chi connectivity index (χ3n) is 5.01. The minimum Gasteiger partial charge on any atom is -0.388 e. The molecule has 0 bridgehead atoms. The summed E-state index contributed by atoms with van der Waals surface area (Å²) >= 11 is 0. The van der Waals surface area contributed by atoms with Crippen molar-refractivity contribution in [1.29, 1.82) is 0 Å². The van der Waals surface area contributed by atoms with Gasteiger partial charge in [0.15, 0.2) is 0 Å². The van der Waals surface area contributed by atoms with Gasteiger partial charge in [-0.15, -0.1) is 0 Å². The van der Waals surface area contributed by atoms with Gasteiger partial charge in [0.25, 0.3) is 5.91 Å². The van der Waals surface area contributed by atoms with Gasteiger partial charge in [-0.25, -0.2) is 4.52 Å². The van der Waals surface area contributed by atoms with Gasteiger partial charge in [0.05, 0.1) is 29.5 Å². The largest absolute Gasteiger partial charge is 0.388 e. The van der Waals surface area contributed by atoms with Crippen LogP contribution in [0, 0.1) is 0 Å². The van der Waals surface area contributed by atoms with E-state index in [0.717, 1.165) is 5.52 Å². The summed E-state index contributed by atoms with van der Waals surface area (Å²) in [5, 5.41) is 17.8. The number of carbonyl (C=O) groups is 2. The highest BCUT2D eigenvalue weighted by Gasteiger charge is 2.32. The molecule has 3 heterocycles. The van der Waals surface area contributed by atoms with Crippen molar-refractivity contribution in [2.75, 3.05) is 33.4 Å². The number of aliphatic hydroxyl groups is 1. The first kappa shape index (κ1) is 19.3. The van der Waals surface area contributed by atoms with Crippen molar-refractivity contribution >= 4 is 17.3 Å². The van der Waals surface area contributed by atoms with E-state index in [1.807, 2.05) is 18.2 Å². The van der Waals surface area contributed by atoms with Gasteiger partial charge < -0.3 is 20.1 Å². The van der Waals surface area contributed by atoms with Gasteiger partial charge in [-0.3, -0.25) is 9.59 Å². The van der Waals surface area contributed by atoms with E-state index in [-0.39, 0.29) is 24.8 Å². The normalized spacial score (nSPS) is 20.4. The van der Waals surface area contributed by atoms with E-state index in [1.54, 1.807) is 28.9 Å². The molecule has 1 saturated heterocycles. The summed E-state index contributed by atoms with van der Waals surface area (Å²) in [5.41, 5.74) is 0.333. The molecule has 2 aromatic rings. The molecule has 3 rings (SSSR count). The Labute approximate surface area is 158 Å². The minimum absolute atomic E-state index is 0.0791. The van der Waals surface area contributed by atoms with Gasteiger partial charge >= 0.3 is 0 Å². The first-order chi connectivity index (χ1) is 13.0. The maximum absolute atomic E-state index is 12.9. The number of aromatic nitrogens is 2. The molecule has 8 heteroatoms. The zero-order valence-corrected chi connectivity index (χ0v) is 15.6. The number of hydrogen-bond donors (Lipinski definition) is 2. The number of rotatable bonds is 6. The molecule has 1 aliphatic heterocycles. The lowest BCUT2D eigenvalue weighted by molar-refractivity contribution is -0.123. The molecular weight excluding hydrogens is 348 g/mol. The first-order valence-corrected chi connectivity index (χ1v) is 9.22. The third-order valence-corrected chi connectivity index (χ3v) is 5.01. The Balaban J connectivity index is 1.60. The van der Waals surface area contributed by atoms with Crippen molar-refractivity contribution in [3.63, 3.8) is 0 Å². The fourth-order valence-electron chi connectivity index (χ4n) is 3.37. The summed E-state index contributed by atoms with van der Waals surface area (Å²) in [6, 6.07) is 5.60. The van der Waals surface area contributed by atoms with E-state index in [2.05, 4.69) is 10.4 Å². The Morgan fingerprint density at radius 1 is 1.33 bits per heavy atom. The fraction of sp³-hybridized carbons (Fsp3) is 0.526. The van der Waals surface area contributed by atoms with Gasteiger partial charge in [0, 0.05) is 39.4 Å². The number of nitrogens with zero attached hydrogens (tertiary/aromatic N) is 3. The maximum atomic E-state index is 12.9. The van der Waals surface area contributed by atoms with Crippen LogP contribution in [0.1, 0.15) is 36.0 Å². The number of pyridine rings is 1. The SMILES string of the molecule is COCCC(=O)NC[C@]1(O)CCCN(C(=O)c2cnn3ccccc23)CC1. The van der Waals surface area contributed by atoms with Gasteiger partial charge in [-0.1, -0.05) is 6.07 Å². The molecule has 0 aromatic carbocycles. The number of methoxy groups -OCH3 is 1. The van der Waals surface area contributed by atoms with E-state index in [4.69, 9.17) is 4.74 Å². The molecule has 0 saturated carbocycles. The van der Waals surface area contributed by atoms with Crippen LogP contribution < -0.4 is 5.32 Å². The van der Waals surface area contributed by atoms with Crippen molar-refractivity contribution in [3.8, 4) is 0 Å². The Morgan fingerprint density at radius 2 is 2.19 bits per heavy atom. The molecular formula is C19H26N4O4. The smallest absolute Gasteiger partial charge is 0.257 e. The van der Waals surface area contributed by atoms with E-state index >= 15 is 0 Å². The zero-order chi connectivity index (χ0) is 19.3. The summed E-state index contributed by atoms with van der Waals surface area (Å²) < 4.78 is 6.56. The fourth-order valence-corrected chi connectivity index (χ4v) is 3.37. The Bertz CT molecular complexity index is 806. The number of amides is 2. The Morgan fingerprint density at radius 3 is 3.00 bits per heavy atom. The molecule has 0 spiro atoms. The standard InChI is InChI=1S/C19H26N4O4/c1-27-12-6-17(24)20-14-19(26)7-4-9-22(11-8-19)18(25)15-13-21-23-10-3-2-5-16(15)23/h2-3,5,10,13,26H,4,6-9,11-12,14H2,1H3,(H,20,24)/t19-/m0/s1. The van der Waals surface area contributed by atoms with Crippen LogP contribution in [0.5, 0.6) is 0 Å². The Kier molecular flexibility index (Phi) is 6.08. The quantitative estimate of drug-likeness (QED) is 0.781. The van der Waals surface area contributed by atoms with Crippen molar-refractivity contribution in [2.24, 2.45) is 0 Å². The van der Waals surface area contributed by atoms with Crippen LogP contribution in [0.3, 0.4) is 0 Å². The van der Waals surface area contributed by atoms with Crippen molar-refractivity contribution < 1.29 is 19.4 Å². The van der Waals surface area contributed by atoms with Gasteiger partial charge in [-0.2, -0.15) is 5.10 Å². The summed E-state index contributed by atoms with van der Waals surface area (Å²) in [6.07, 6.45) is 5.30. The predicted molar refractivity (Wildman–Crippen MR) is 99.4 cm³/mol. The molecule has 1 aliphatic rings. The number of carbonyl (C=O) groups excluding carboxylic acids is 2.